The van der Waals surface area contributed by atoms with Crippen LogP contribution in [0.5, 0.6) is 0 Å². The number of amides is 1. The summed E-state index contributed by atoms with van der Waals surface area (Å²) in [5.41, 5.74) is 5.90. The largest absolute Gasteiger partial charge is 0.462 e. The fraction of sp³-hybridized carbons (Fsp3) is 0.286. The molecule has 0 bridgehead atoms. The summed E-state index contributed by atoms with van der Waals surface area (Å²) >= 11 is 0. The lowest BCUT2D eigenvalue weighted by molar-refractivity contribution is -0.137. The van der Waals surface area contributed by atoms with Gasteiger partial charge in [-0.15, -0.1) is 0 Å². The van der Waals surface area contributed by atoms with E-state index in [9.17, 15) is 9.59 Å². The standard InChI is InChI=1S/C14H17NO3/c1-10(2)9-18-14(17)12(8-13(15)16)11-6-4-3-5-7-11/h3-8,10H,9H2,1-2H3,(H2,15,16). The maximum Gasteiger partial charge on any atom is 0.338 e. The van der Waals surface area contributed by atoms with Crippen molar-refractivity contribution < 1.29 is 14.3 Å². The summed E-state index contributed by atoms with van der Waals surface area (Å²) < 4.78 is 5.11. The second-order valence-corrected chi connectivity index (χ2v) is 4.32. The summed E-state index contributed by atoms with van der Waals surface area (Å²) in [5, 5.41) is 0. The lowest BCUT2D eigenvalue weighted by Crippen LogP contribution is -2.15. The predicted molar refractivity (Wildman–Crippen MR) is 69.4 cm³/mol. The molecule has 0 fully saturated rings. The highest BCUT2D eigenvalue weighted by atomic mass is 16.5. The van der Waals surface area contributed by atoms with Crippen LogP contribution in [0.1, 0.15) is 19.4 Å². The Balaban J connectivity index is 2.94. The van der Waals surface area contributed by atoms with Crippen molar-refractivity contribution in [3.63, 3.8) is 0 Å². The van der Waals surface area contributed by atoms with E-state index < -0.39 is 11.9 Å². The van der Waals surface area contributed by atoms with Crippen LogP contribution in [0.4, 0.5) is 0 Å². The van der Waals surface area contributed by atoms with Gasteiger partial charge in [0, 0.05) is 6.08 Å². The van der Waals surface area contributed by atoms with E-state index in [0.29, 0.717) is 12.2 Å². The Labute approximate surface area is 106 Å². The Bertz CT molecular complexity index is 449. The number of esters is 1. The van der Waals surface area contributed by atoms with Crippen LogP contribution < -0.4 is 5.73 Å². The molecule has 0 aliphatic rings. The van der Waals surface area contributed by atoms with Crippen molar-refractivity contribution in [3.8, 4) is 0 Å². The highest BCUT2D eigenvalue weighted by Crippen LogP contribution is 2.16. The lowest BCUT2D eigenvalue weighted by Gasteiger charge is -2.09. The molecule has 0 saturated carbocycles. The Morgan fingerprint density at radius 3 is 2.39 bits per heavy atom. The Hall–Kier alpha value is -2.10. The summed E-state index contributed by atoms with van der Waals surface area (Å²) in [5.74, 6) is -0.969. The minimum atomic E-state index is -0.671. The van der Waals surface area contributed by atoms with Gasteiger partial charge in [-0.05, 0) is 11.5 Å². The number of benzene rings is 1. The zero-order valence-electron chi connectivity index (χ0n) is 10.6. The number of rotatable bonds is 5. The molecule has 0 spiro atoms. The first-order valence-corrected chi connectivity index (χ1v) is 5.74. The zero-order chi connectivity index (χ0) is 13.5. The molecule has 0 radical (unpaired) electrons. The Morgan fingerprint density at radius 2 is 1.89 bits per heavy atom. The average Bonchev–Trinajstić information content (AvgIpc) is 2.34. The van der Waals surface area contributed by atoms with Gasteiger partial charge in [-0.25, -0.2) is 4.79 Å². The van der Waals surface area contributed by atoms with Crippen LogP contribution in [0.3, 0.4) is 0 Å². The van der Waals surface area contributed by atoms with Gasteiger partial charge >= 0.3 is 5.97 Å². The smallest absolute Gasteiger partial charge is 0.338 e. The molecular formula is C14H17NO3. The summed E-state index contributed by atoms with van der Waals surface area (Å²) in [4.78, 5) is 22.8. The molecule has 1 aromatic carbocycles. The third-order valence-corrected chi connectivity index (χ3v) is 2.14. The van der Waals surface area contributed by atoms with Crippen molar-refractivity contribution in [1.82, 2.24) is 0 Å². The van der Waals surface area contributed by atoms with Crippen LogP contribution in [-0.2, 0) is 14.3 Å². The first kappa shape index (κ1) is 14.0. The topological polar surface area (TPSA) is 69.4 Å². The molecule has 4 nitrogen and oxygen atoms in total. The fourth-order valence-electron chi connectivity index (χ4n) is 1.34. The normalized spacial score (nSPS) is 11.4. The Kier molecular flexibility index (Phi) is 5.11. The molecule has 1 aromatic rings. The molecule has 2 N–H and O–H groups in total. The van der Waals surface area contributed by atoms with Crippen LogP contribution in [0.25, 0.3) is 5.57 Å². The van der Waals surface area contributed by atoms with Crippen LogP contribution in [0, 0.1) is 5.92 Å². The van der Waals surface area contributed by atoms with Crippen molar-refractivity contribution in [2.45, 2.75) is 13.8 Å². The second-order valence-electron chi connectivity index (χ2n) is 4.32. The lowest BCUT2D eigenvalue weighted by atomic mass is 10.1. The molecule has 1 rings (SSSR count). The summed E-state index contributed by atoms with van der Waals surface area (Å²) in [7, 11) is 0. The maximum absolute atomic E-state index is 11.9. The van der Waals surface area contributed by atoms with Crippen molar-refractivity contribution in [2.75, 3.05) is 6.61 Å². The maximum atomic E-state index is 11.9. The molecule has 0 atom stereocenters. The SMILES string of the molecule is CC(C)COC(=O)C(=CC(N)=O)c1ccccc1. The van der Waals surface area contributed by atoms with Crippen molar-refractivity contribution in [1.29, 1.82) is 0 Å². The van der Waals surface area contributed by atoms with Crippen LogP contribution in [0.15, 0.2) is 36.4 Å². The molecule has 0 aliphatic carbocycles. The summed E-state index contributed by atoms with van der Waals surface area (Å²) in [6.07, 6.45) is 1.10. The average molecular weight is 247 g/mol. The number of nitrogens with two attached hydrogens (primary N) is 1. The third kappa shape index (κ3) is 4.41. The van der Waals surface area contributed by atoms with E-state index >= 15 is 0 Å². The third-order valence-electron chi connectivity index (χ3n) is 2.14. The van der Waals surface area contributed by atoms with Gasteiger partial charge in [0.05, 0.1) is 12.2 Å². The van der Waals surface area contributed by atoms with Gasteiger partial charge in [-0.2, -0.15) is 0 Å². The van der Waals surface area contributed by atoms with Gasteiger partial charge in [0.15, 0.2) is 0 Å². The molecule has 96 valence electrons. The van der Waals surface area contributed by atoms with Gasteiger partial charge in [-0.1, -0.05) is 44.2 Å². The predicted octanol–water partition coefficient (Wildman–Crippen LogP) is 1.75. The number of ether oxygens (including phenoxy) is 1. The minimum absolute atomic E-state index is 0.184. The Morgan fingerprint density at radius 1 is 1.28 bits per heavy atom. The van der Waals surface area contributed by atoms with Crippen LogP contribution in [-0.4, -0.2) is 18.5 Å². The number of carbonyl (C=O) groups excluding carboxylic acids is 2. The number of hydrogen-bond acceptors (Lipinski definition) is 3. The molecule has 0 saturated heterocycles. The van der Waals surface area contributed by atoms with E-state index in [1.54, 1.807) is 24.3 Å². The second kappa shape index (κ2) is 6.59. The quantitative estimate of drug-likeness (QED) is 0.636. The number of carbonyl (C=O) groups is 2. The van der Waals surface area contributed by atoms with Gasteiger partial charge in [-0.3, -0.25) is 4.79 Å². The molecule has 0 aliphatic heterocycles. The van der Waals surface area contributed by atoms with E-state index in [-0.39, 0.29) is 11.5 Å². The van der Waals surface area contributed by atoms with Crippen molar-refractivity contribution >= 4 is 17.4 Å². The fourth-order valence-corrected chi connectivity index (χ4v) is 1.34. The van der Waals surface area contributed by atoms with Crippen LogP contribution in [0.2, 0.25) is 0 Å². The number of hydrogen-bond donors (Lipinski definition) is 1. The van der Waals surface area contributed by atoms with E-state index in [4.69, 9.17) is 10.5 Å². The molecule has 18 heavy (non-hydrogen) atoms. The molecule has 4 heteroatoms. The molecule has 0 heterocycles. The molecule has 1 amide bonds. The van der Waals surface area contributed by atoms with Crippen molar-refractivity contribution in [2.24, 2.45) is 11.7 Å². The van der Waals surface area contributed by atoms with Crippen molar-refractivity contribution in [3.05, 3.63) is 42.0 Å². The molecule has 0 aromatic heterocycles. The van der Waals surface area contributed by atoms with Gasteiger partial charge in [0.2, 0.25) is 5.91 Å². The first-order valence-electron chi connectivity index (χ1n) is 5.74. The van der Waals surface area contributed by atoms with E-state index in [1.165, 1.54) is 0 Å². The van der Waals surface area contributed by atoms with Gasteiger partial charge in [0.25, 0.3) is 0 Å². The molecular weight excluding hydrogens is 230 g/mol. The zero-order valence-corrected chi connectivity index (χ0v) is 10.6. The minimum Gasteiger partial charge on any atom is -0.462 e. The van der Waals surface area contributed by atoms with Gasteiger partial charge < -0.3 is 10.5 Å². The van der Waals surface area contributed by atoms with Gasteiger partial charge in [0.1, 0.15) is 0 Å². The van der Waals surface area contributed by atoms with Crippen LogP contribution >= 0.6 is 0 Å². The highest BCUT2D eigenvalue weighted by molar-refractivity contribution is 6.20. The summed E-state index contributed by atoms with van der Waals surface area (Å²) in [6.45, 7) is 4.18. The highest BCUT2D eigenvalue weighted by Gasteiger charge is 2.14. The monoisotopic (exact) mass is 247 g/mol. The first-order chi connectivity index (χ1) is 8.50. The molecule has 0 unspecified atom stereocenters. The summed E-state index contributed by atoms with van der Waals surface area (Å²) in [6, 6.07) is 8.83. The van der Waals surface area contributed by atoms with E-state index in [1.807, 2.05) is 19.9 Å². The number of primary amides is 1. The van der Waals surface area contributed by atoms with E-state index in [2.05, 4.69) is 0 Å². The van der Waals surface area contributed by atoms with E-state index in [0.717, 1.165) is 6.08 Å².